The van der Waals surface area contributed by atoms with Crippen molar-refractivity contribution < 1.29 is 19.0 Å². The molecular weight excluding hydrogens is 452 g/mol. The van der Waals surface area contributed by atoms with Crippen LogP contribution in [0.3, 0.4) is 0 Å². The van der Waals surface area contributed by atoms with Gasteiger partial charge in [-0.15, -0.1) is 0 Å². The molecule has 194 valence electrons. The van der Waals surface area contributed by atoms with Gasteiger partial charge in [0.15, 0.2) is 6.29 Å². The third-order valence-electron chi connectivity index (χ3n) is 5.75. The molecule has 1 amide bonds. The van der Waals surface area contributed by atoms with E-state index in [2.05, 4.69) is 24.3 Å². The maximum atomic E-state index is 13.7. The summed E-state index contributed by atoms with van der Waals surface area (Å²) in [6.07, 6.45) is -0.0887. The summed E-state index contributed by atoms with van der Waals surface area (Å²) in [4.78, 5) is 15.4. The van der Waals surface area contributed by atoms with Crippen molar-refractivity contribution in [3.05, 3.63) is 77.9 Å². The summed E-state index contributed by atoms with van der Waals surface area (Å²) in [5, 5.41) is 2.25. The molecule has 0 unspecified atom stereocenters. The van der Waals surface area contributed by atoms with Crippen molar-refractivity contribution in [1.29, 1.82) is 0 Å². The summed E-state index contributed by atoms with van der Waals surface area (Å²) in [7, 11) is 0. The van der Waals surface area contributed by atoms with Crippen LogP contribution in [0.4, 0.5) is 0 Å². The van der Waals surface area contributed by atoms with Crippen molar-refractivity contribution in [2.24, 2.45) is 5.73 Å². The predicted molar refractivity (Wildman–Crippen MR) is 145 cm³/mol. The lowest BCUT2D eigenvalue weighted by Gasteiger charge is -2.30. The van der Waals surface area contributed by atoms with Crippen molar-refractivity contribution in [2.45, 2.75) is 65.5 Å². The van der Waals surface area contributed by atoms with Gasteiger partial charge in [0.2, 0.25) is 5.91 Å². The molecule has 0 fully saturated rings. The second-order valence-electron chi connectivity index (χ2n) is 9.87. The Morgan fingerprint density at radius 3 is 2.19 bits per heavy atom. The summed E-state index contributed by atoms with van der Waals surface area (Å²) >= 11 is 0. The van der Waals surface area contributed by atoms with Crippen LogP contribution in [0.25, 0.3) is 10.8 Å². The molecule has 0 heterocycles. The van der Waals surface area contributed by atoms with Crippen LogP contribution in [0, 0.1) is 0 Å². The van der Waals surface area contributed by atoms with E-state index in [0.717, 1.165) is 27.6 Å². The lowest BCUT2D eigenvalue weighted by atomic mass is 10.0. The highest BCUT2D eigenvalue weighted by Crippen LogP contribution is 2.22. The molecule has 0 saturated carbocycles. The van der Waals surface area contributed by atoms with Crippen LogP contribution in [0.1, 0.15) is 45.7 Å². The highest BCUT2D eigenvalue weighted by molar-refractivity contribution is 5.87. The number of hydrogen-bond donors (Lipinski definition) is 1. The van der Waals surface area contributed by atoms with Gasteiger partial charge in [0.25, 0.3) is 0 Å². The monoisotopic (exact) mass is 492 g/mol. The smallest absolute Gasteiger partial charge is 0.240 e. The minimum atomic E-state index is -0.696. The minimum absolute atomic E-state index is 0.137. The summed E-state index contributed by atoms with van der Waals surface area (Å²) in [5.41, 5.74) is 8.24. The van der Waals surface area contributed by atoms with Gasteiger partial charge in [-0.05, 0) is 75.1 Å². The summed E-state index contributed by atoms with van der Waals surface area (Å²) in [6.45, 7) is 11.6. The molecule has 36 heavy (non-hydrogen) atoms. The van der Waals surface area contributed by atoms with Gasteiger partial charge >= 0.3 is 0 Å². The Morgan fingerprint density at radius 1 is 0.917 bits per heavy atom. The fourth-order valence-corrected chi connectivity index (χ4v) is 4.20. The second kappa shape index (κ2) is 12.9. The van der Waals surface area contributed by atoms with E-state index in [1.165, 1.54) is 0 Å². The van der Waals surface area contributed by atoms with Gasteiger partial charge in [-0.2, -0.15) is 0 Å². The molecule has 0 aliphatic rings. The molecular formula is C30H40N2O4. The van der Waals surface area contributed by atoms with E-state index in [1.807, 2.05) is 77.1 Å². The standard InChI is InChI=1S/C30H40N2O4/c1-6-34-28(35-7-2)21-32(20-24-13-10-12-23-11-8-9-14-26(23)24)29(33)27(31)19-22-15-17-25(18-16-22)36-30(3,4)5/h8-18,27-28H,6-7,19-21,31H2,1-5H3/t27-/m0/s1. The first kappa shape index (κ1) is 27.7. The van der Waals surface area contributed by atoms with Crippen LogP contribution in [0.15, 0.2) is 66.7 Å². The Morgan fingerprint density at radius 2 is 1.56 bits per heavy atom. The third-order valence-corrected chi connectivity index (χ3v) is 5.75. The average molecular weight is 493 g/mol. The first-order chi connectivity index (χ1) is 17.2. The van der Waals surface area contributed by atoms with Gasteiger partial charge in [-0.3, -0.25) is 4.79 Å². The highest BCUT2D eigenvalue weighted by Gasteiger charge is 2.25. The molecule has 3 aromatic carbocycles. The number of ether oxygens (including phenoxy) is 3. The number of hydrogen-bond acceptors (Lipinski definition) is 5. The molecule has 0 radical (unpaired) electrons. The largest absolute Gasteiger partial charge is 0.488 e. The van der Waals surface area contributed by atoms with E-state index in [-0.39, 0.29) is 11.5 Å². The van der Waals surface area contributed by atoms with Crippen LogP contribution in [0.5, 0.6) is 5.75 Å². The lowest BCUT2D eigenvalue weighted by molar-refractivity contribution is -0.160. The summed E-state index contributed by atoms with van der Waals surface area (Å²) in [6, 6.07) is 21.4. The summed E-state index contributed by atoms with van der Waals surface area (Å²) in [5.74, 6) is 0.655. The van der Waals surface area contributed by atoms with E-state index in [1.54, 1.807) is 4.90 Å². The Bertz CT molecular complexity index is 1100. The van der Waals surface area contributed by atoms with E-state index in [4.69, 9.17) is 19.9 Å². The number of benzene rings is 3. The number of rotatable bonds is 12. The number of nitrogens with two attached hydrogens (primary N) is 1. The molecule has 2 N–H and O–H groups in total. The van der Waals surface area contributed by atoms with Gasteiger partial charge in [-0.1, -0.05) is 54.6 Å². The lowest BCUT2D eigenvalue weighted by Crippen LogP contribution is -2.48. The molecule has 0 aliphatic heterocycles. The average Bonchev–Trinajstić information content (AvgIpc) is 2.84. The Kier molecular flexibility index (Phi) is 9.88. The van der Waals surface area contributed by atoms with E-state index >= 15 is 0 Å². The highest BCUT2D eigenvalue weighted by atomic mass is 16.7. The zero-order valence-electron chi connectivity index (χ0n) is 22.2. The predicted octanol–water partition coefficient (Wildman–Crippen LogP) is 5.31. The molecule has 0 aromatic heterocycles. The molecule has 3 rings (SSSR count). The molecule has 0 bridgehead atoms. The van der Waals surface area contributed by atoms with Gasteiger partial charge in [0.1, 0.15) is 11.4 Å². The van der Waals surface area contributed by atoms with Crippen LogP contribution in [-0.2, 0) is 27.2 Å². The SMILES string of the molecule is CCOC(CN(Cc1cccc2ccccc12)C(=O)[C@@H](N)Cc1ccc(OC(C)(C)C)cc1)OCC. The molecule has 0 saturated heterocycles. The first-order valence-electron chi connectivity index (χ1n) is 12.7. The van der Waals surface area contributed by atoms with Crippen molar-refractivity contribution in [2.75, 3.05) is 19.8 Å². The van der Waals surface area contributed by atoms with E-state index < -0.39 is 12.3 Å². The zero-order valence-corrected chi connectivity index (χ0v) is 22.2. The van der Waals surface area contributed by atoms with Crippen molar-refractivity contribution >= 4 is 16.7 Å². The molecule has 6 nitrogen and oxygen atoms in total. The maximum Gasteiger partial charge on any atom is 0.240 e. The zero-order chi connectivity index (χ0) is 26.1. The fourth-order valence-electron chi connectivity index (χ4n) is 4.20. The van der Waals surface area contributed by atoms with Crippen molar-refractivity contribution in [1.82, 2.24) is 4.90 Å². The van der Waals surface area contributed by atoms with Gasteiger partial charge in [-0.25, -0.2) is 0 Å². The molecule has 1 atom stereocenters. The number of carbonyl (C=O) groups is 1. The molecule has 3 aromatic rings. The fraction of sp³-hybridized carbons (Fsp3) is 0.433. The first-order valence-corrected chi connectivity index (χ1v) is 12.7. The van der Waals surface area contributed by atoms with Crippen LogP contribution < -0.4 is 10.5 Å². The van der Waals surface area contributed by atoms with Crippen molar-refractivity contribution in [3.8, 4) is 5.75 Å². The minimum Gasteiger partial charge on any atom is -0.488 e. The van der Waals surface area contributed by atoms with Gasteiger partial charge in [0, 0.05) is 19.8 Å². The molecule has 0 aliphatic carbocycles. The van der Waals surface area contributed by atoms with Crippen LogP contribution in [-0.4, -0.2) is 48.5 Å². The third kappa shape index (κ3) is 8.05. The normalized spacial score (nSPS) is 12.6. The molecule has 0 spiro atoms. The Labute approximate surface area is 215 Å². The Hall–Kier alpha value is -2.93. The quantitative estimate of drug-likeness (QED) is 0.347. The van der Waals surface area contributed by atoms with E-state index in [9.17, 15) is 4.79 Å². The van der Waals surface area contributed by atoms with Crippen molar-refractivity contribution in [3.63, 3.8) is 0 Å². The maximum absolute atomic E-state index is 13.7. The number of amides is 1. The number of fused-ring (bicyclic) bond motifs is 1. The van der Waals surface area contributed by atoms with Crippen LogP contribution >= 0.6 is 0 Å². The van der Waals surface area contributed by atoms with Gasteiger partial charge in [0.05, 0.1) is 12.6 Å². The summed E-state index contributed by atoms with van der Waals surface area (Å²) < 4.78 is 17.4. The van der Waals surface area contributed by atoms with Crippen LogP contribution in [0.2, 0.25) is 0 Å². The van der Waals surface area contributed by atoms with Gasteiger partial charge < -0.3 is 24.8 Å². The Balaban J connectivity index is 1.80. The van der Waals surface area contributed by atoms with E-state index in [0.29, 0.717) is 32.7 Å². The number of nitrogens with zero attached hydrogens (tertiary/aromatic N) is 1. The molecule has 6 heteroatoms. The number of carbonyl (C=O) groups excluding carboxylic acids is 1. The second-order valence-corrected chi connectivity index (χ2v) is 9.87. The topological polar surface area (TPSA) is 74.0 Å².